The fraction of sp³-hybridized carbons (Fsp3) is 0.375. The molecule has 24 heavy (non-hydrogen) atoms. The largest absolute Gasteiger partial charge is 0.480 e. The maximum atomic E-state index is 13.8. The van der Waals surface area contributed by atoms with Crippen molar-refractivity contribution in [1.29, 1.82) is 0 Å². The van der Waals surface area contributed by atoms with Gasteiger partial charge in [0.1, 0.15) is 6.54 Å². The molecular formula is C16H17FN4O3. The molecule has 3 heterocycles. The minimum atomic E-state index is -0.970. The summed E-state index contributed by atoms with van der Waals surface area (Å²) in [5.41, 5.74) is 0.787. The lowest BCUT2D eigenvalue weighted by Crippen LogP contribution is -2.40. The summed E-state index contributed by atoms with van der Waals surface area (Å²) >= 11 is 0. The fourth-order valence-corrected chi connectivity index (χ4v) is 3.07. The zero-order chi connectivity index (χ0) is 17.1. The minimum Gasteiger partial charge on any atom is -0.480 e. The van der Waals surface area contributed by atoms with E-state index in [1.807, 2.05) is 0 Å². The number of hydrogen-bond donors (Lipinski definition) is 1. The van der Waals surface area contributed by atoms with Crippen molar-refractivity contribution in [2.45, 2.75) is 25.3 Å². The van der Waals surface area contributed by atoms with Gasteiger partial charge in [0.15, 0.2) is 5.82 Å². The van der Waals surface area contributed by atoms with Gasteiger partial charge in [0.2, 0.25) is 0 Å². The van der Waals surface area contributed by atoms with Crippen molar-refractivity contribution in [3.8, 4) is 0 Å². The van der Waals surface area contributed by atoms with Gasteiger partial charge in [-0.15, -0.1) is 0 Å². The molecule has 0 aromatic carbocycles. The number of carboxylic acids is 1. The van der Waals surface area contributed by atoms with Crippen molar-refractivity contribution in [2.24, 2.45) is 0 Å². The number of aliphatic carboxylic acids is 1. The number of halogens is 1. The lowest BCUT2D eigenvalue weighted by atomic mass is 9.94. The average molecular weight is 332 g/mol. The van der Waals surface area contributed by atoms with Gasteiger partial charge in [0.05, 0.1) is 11.8 Å². The fourth-order valence-electron chi connectivity index (χ4n) is 3.07. The van der Waals surface area contributed by atoms with Crippen LogP contribution < -0.4 is 0 Å². The molecule has 1 aliphatic rings. The van der Waals surface area contributed by atoms with Crippen LogP contribution >= 0.6 is 0 Å². The normalized spacial score (nSPS) is 17.7. The topological polar surface area (TPSA) is 88.3 Å². The Balaban J connectivity index is 1.78. The number of likely N-dealkylation sites (tertiary alicyclic amines) is 1. The molecular weight excluding hydrogens is 315 g/mol. The highest BCUT2D eigenvalue weighted by molar-refractivity contribution is 5.94. The Hall–Kier alpha value is -2.77. The van der Waals surface area contributed by atoms with Gasteiger partial charge in [-0.2, -0.15) is 5.10 Å². The lowest BCUT2D eigenvalue weighted by molar-refractivity contribution is -0.137. The first kappa shape index (κ1) is 16.1. The van der Waals surface area contributed by atoms with Gasteiger partial charge in [-0.1, -0.05) is 0 Å². The number of nitrogens with zero attached hydrogens (tertiary/aromatic N) is 4. The van der Waals surface area contributed by atoms with E-state index < -0.39 is 11.8 Å². The Bertz CT molecular complexity index is 761. The van der Waals surface area contributed by atoms with E-state index in [1.165, 1.54) is 16.9 Å². The maximum absolute atomic E-state index is 13.8. The van der Waals surface area contributed by atoms with Crippen molar-refractivity contribution in [3.05, 3.63) is 47.8 Å². The highest BCUT2D eigenvalue weighted by Gasteiger charge is 2.28. The lowest BCUT2D eigenvalue weighted by Gasteiger charge is -2.33. The Kier molecular flexibility index (Phi) is 4.54. The molecule has 0 aliphatic carbocycles. The number of piperidine rings is 1. The molecule has 2 aromatic rings. The van der Waals surface area contributed by atoms with Gasteiger partial charge >= 0.3 is 5.97 Å². The van der Waals surface area contributed by atoms with Crippen molar-refractivity contribution in [1.82, 2.24) is 19.7 Å². The van der Waals surface area contributed by atoms with Gasteiger partial charge in [-0.25, -0.2) is 4.39 Å². The summed E-state index contributed by atoms with van der Waals surface area (Å²) in [5.74, 6) is -2.00. The number of aromatic nitrogens is 3. The second kappa shape index (κ2) is 6.77. The van der Waals surface area contributed by atoms with Gasteiger partial charge in [-0.05, 0) is 25.0 Å². The standard InChI is InChI=1S/C16H17FN4O3/c17-13-8-18-5-3-12(13)16(24)20-7-1-2-11(9-20)14-4-6-19-21(14)10-15(22)23/h3-6,8,11H,1-2,7,9-10H2,(H,22,23). The summed E-state index contributed by atoms with van der Waals surface area (Å²) < 4.78 is 15.2. The van der Waals surface area contributed by atoms with Crippen LogP contribution in [-0.2, 0) is 11.3 Å². The van der Waals surface area contributed by atoms with Crippen LogP contribution in [0.15, 0.2) is 30.7 Å². The predicted molar refractivity (Wildman–Crippen MR) is 81.9 cm³/mol. The van der Waals surface area contributed by atoms with E-state index in [0.29, 0.717) is 13.1 Å². The monoisotopic (exact) mass is 332 g/mol. The number of carboxylic acid groups (broad SMARTS) is 1. The molecule has 1 saturated heterocycles. The summed E-state index contributed by atoms with van der Waals surface area (Å²) in [4.78, 5) is 28.7. The van der Waals surface area contributed by atoms with Crippen molar-refractivity contribution < 1.29 is 19.1 Å². The molecule has 1 fully saturated rings. The van der Waals surface area contributed by atoms with Gasteiger partial charge in [-0.3, -0.25) is 19.3 Å². The molecule has 7 nitrogen and oxygen atoms in total. The Morgan fingerprint density at radius 2 is 2.17 bits per heavy atom. The summed E-state index contributed by atoms with van der Waals surface area (Å²) in [6.07, 6.45) is 5.56. The Morgan fingerprint density at radius 1 is 1.33 bits per heavy atom. The average Bonchev–Trinajstić information content (AvgIpc) is 3.02. The van der Waals surface area contributed by atoms with Crippen LogP contribution in [0.3, 0.4) is 0 Å². The predicted octanol–water partition coefficient (Wildman–Crippen LogP) is 1.52. The molecule has 1 amide bonds. The number of hydrogen-bond acceptors (Lipinski definition) is 4. The van der Waals surface area contributed by atoms with E-state index in [-0.39, 0.29) is 23.9 Å². The second-order valence-electron chi connectivity index (χ2n) is 5.75. The summed E-state index contributed by atoms with van der Waals surface area (Å²) in [6.45, 7) is 0.738. The molecule has 1 N–H and O–H groups in total. The SMILES string of the molecule is O=C(O)Cn1nccc1C1CCCN(C(=O)c2ccncc2F)C1. The van der Waals surface area contributed by atoms with Crippen LogP contribution in [0.25, 0.3) is 0 Å². The summed E-state index contributed by atoms with van der Waals surface area (Å²) in [5, 5.41) is 13.0. The van der Waals surface area contributed by atoms with Gasteiger partial charge < -0.3 is 10.0 Å². The molecule has 126 valence electrons. The maximum Gasteiger partial charge on any atom is 0.325 e. The number of rotatable bonds is 4. The third-order valence-corrected chi connectivity index (χ3v) is 4.16. The third kappa shape index (κ3) is 3.27. The highest BCUT2D eigenvalue weighted by Crippen LogP contribution is 2.28. The first-order valence-electron chi connectivity index (χ1n) is 7.68. The number of amides is 1. The van der Waals surface area contributed by atoms with Crippen LogP contribution in [-0.4, -0.2) is 49.7 Å². The van der Waals surface area contributed by atoms with E-state index >= 15 is 0 Å². The van der Waals surface area contributed by atoms with Crippen molar-refractivity contribution >= 4 is 11.9 Å². The third-order valence-electron chi connectivity index (χ3n) is 4.16. The van der Waals surface area contributed by atoms with E-state index in [9.17, 15) is 14.0 Å². The molecule has 1 unspecified atom stereocenters. The summed E-state index contributed by atoms with van der Waals surface area (Å²) in [7, 11) is 0. The van der Waals surface area contributed by atoms with Crippen LogP contribution in [0, 0.1) is 5.82 Å². The van der Waals surface area contributed by atoms with Crippen LogP contribution in [0.5, 0.6) is 0 Å². The molecule has 1 atom stereocenters. The van der Waals surface area contributed by atoms with Crippen LogP contribution in [0.1, 0.15) is 34.8 Å². The molecule has 2 aromatic heterocycles. The quantitative estimate of drug-likeness (QED) is 0.917. The minimum absolute atomic E-state index is 0.00435. The molecule has 3 rings (SSSR count). The molecule has 0 bridgehead atoms. The first-order chi connectivity index (χ1) is 11.6. The number of carbonyl (C=O) groups excluding carboxylic acids is 1. The molecule has 0 spiro atoms. The smallest absolute Gasteiger partial charge is 0.325 e. The van der Waals surface area contributed by atoms with Gasteiger partial charge in [0.25, 0.3) is 5.91 Å². The van der Waals surface area contributed by atoms with Crippen LogP contribution in [0.2, 0.25) is 0 Å². The molecule has 0 radical (unpaired) electrons. The van der Waals surface area contributed by atoms with E-state index in [2.05, 4.69) is 10.1 Å². The number of pyridine rings is 1. The molecule has 8 heteroatoms. The molecule has 0 saturated carbocycles. The summed E-state index contributed by atoms with van der Waals surface area (Å²) in [6, 6.07) is 3.14. The zero-order valence-corrected chi connectivity index (χ0v) is 12.9. The Morgan fingerprint density at radius 3 is 2.92 bits per heavy atom. The van der Waals surface area contributed by atoms with E-state index in [1.54, 1.807) is 17.2 Å². The Labute approximate surface area is 137 Å². The van der Waals surface area contributed by atoms with E-state index in [0.717, 1.165) is 24.7 Å². The van der Waals surface area contributed by atoms with Crippen LogP contribution in [0.4, 0.5) is 4.39 Å². The van der Waals surface area contributed by atoms with Crippen molar-refractivity contribution in [3.63, 3.8) is 0 Å². The highest BCUT2D eigenvalue weighted by atomic mass is 19.1. The zero-order valence-electron chi connectivity index (χ0n) is 12.9. The number of carbonyl (C=O) groups is 2. The van der Waals surface area contributed by atoms with E-state index in [4.69, 9.17) is 5.11 Å². The van der Waals surface area contributed by atoms with Gasteiger partial charge in [0, 0.05) is 37.1 Å². The second-order valence-corrected chi connectivity index (χ2v) is 5.75. The molecule has 1 aliphatic heterocycles. The first-order valence-corrected chi connectivity index (χ1v) is 7.68. The van der Waals surface area contributed by atoms with Crippen molar-refractivity contribution in [2.75, 3.05) is 13.1 Å².